The molecule has 5 rings (SSSR count). The molecule has 3 fully saturated rings. The molecular formula is C31H41N5O6. The van der Waals surface area contributed by atoms with Gasteiger partial charge < -0.3 is 34.2 Å². The second-order valence-electron chi connectivity index (χ2n) is 10.9. The number of morpholine rings is 1. The van der Waals surface area contributed by atoms with Crippen LogP contribution in [0.25, 0.3) is 0 Å². The molecule has 3 aliphatic heterocycles. The smallest absolute Gasteiger partial charge is 0.254 e. The molecule has 0 aliphatic carbocycles. The Morgan fingerprint density at radius 3 is 2.33 bits per heavy atom. The van der Waals surface area contributed by atoms with Gasteiger partial charge in [0.25, 0.3) is 11.8 Å². The molecule has 11 heteroatoms. The van der Waals surface area contributed by atoms with Crippen LogP contribution in [0.2, 0.25) is 0 Å². The summed E-state index contributed by atoms with van der Waals surface area (Å²) < 4.78 is 16.2. The van der Waals surface area contributed by atoms with E-state index in [-0.39, 0.29) is 30.3 Å². The molecule has 1 N–H and O–H groups in total. The minimum Gasteiger partial charge on any atom is -0.497 e. The van der Waals surface area contributed by atoms with Gasteiger partial charge in [0, 0.05) is 70.0 Å². The quantitative estimate of drug-likeness (QED) is 0.473. The van der Waals surface area contributed by atoms with Gasteiger partial charge in [-0.25, -0.2) is 0 Å². The summed E-state index contributed by atoms with van der Waals surface area (Å²) in [6, 6.07) is 13.1. The molecule has 0 radical (unpaired) electrons. The van der Waals surface area contributed by atoms with Gasteiger partial charge in [-0.3, -0.25) is 19.3 Å². The van der Waals surface area contributed by atoms with Crippen LogP contribution >= 0.6 is 0 Å². The number of carbonyl (C=O) groups is 3. The first kappa shape index (κ1) is 29.8. The maximum Gasteiger partial charge on any atom is 0.254 e. The first-order valence-corrected chi connectivity index (χ1v) is 14.7. The van der Waals surface area contributed by atoms with Crippen molar-refractivity contribution in [2.75, 3.05) is 86.3 Å². The highest BCUT2D eigenvalue weighted by atomic mass is 16.5. The number of amides is 3. The van der Waals surface area contributed by atoms with E-state index in [0.29, 0.717) is 81.5 Å². The summed E-state index contributed by atoms with van der Waals surface area (Å²) >= 11 is 0. The molecule has 42 heavy (non-hydrogen) atoms. The molecule has 3 amide bonds. The topological polar surface area (TPSA) is 104 Å². The molecule has 3 saturated heterocycles. The minimum absolute atomic E-state index is 0.0692. The molecule has 2 atom stereocenters. The lowest BCUT2D eigenvalue weighted by atomic mass is 10.1. The van der Waals surface area contributed by atoms with Crippen molar-refractivity contribution < 1.29 is 28.6 Å². The van der Waals surface area contributed by atoms with Crippen molar-refractivity contribution in [3.63, 3.8) is 0 Å². The van der Waals surface area contributed by atoms with E-state index < -0.39 is 6.04 Å². The first-order chi connectivity index (χ1) is 20.5. The zero-order valence-corrected chi connectivity index (χ0v) is 24.5. The SMILES string of the molecule is COc1ccc(C(=O)N(CCN2CCOCC2)C2CC(C(=O)N3CCNCC3)N(C(=O)c3cccc(OC)c3)C2)cc1. The Balaban J connectivity index is 1.43. The highest BCUT2D eigenvalue weighted by Gasteiger charge is 2.45. The summed E-state index contributed by atoms with van der Waals surface area (Å²) in [6.07, 6.45) is 0.378. The maximum atomic E-state index is 14.0. The van der Waals surface area contributed by atoms with Crippen LogP contribution in [0.15, 0.2) is 48.5 Å². The Kier molecular flexibility index (Phi) is 9.93. The molecule has 0 spiro atoms. The minimum atomic E-state index is -0.665. The van der Waals surface area contributed by atoms with E-state index >= 15 is 0 Å². The molecule has 3 heterocycles. The second-order valence-corrected chi connectivity index (χ2v) is 10.9. The highest BCUT2D eigenvalue weighted by molar-refractivity contribution is 5.99. The summed E-state index contributed by atoms with van der Waals surface area (Å²) in [5.41, 5.74) is 0.995. The van der Waals surface area contributed by atoms with Gasteiger partial charge in [0.05, 0.1) is 33.5 Å². The number of methoxy groups -OCH3 is 2. The van der Waals surface area contributed by atoms with E-state index in [1.165, 1.54) is 0 Å². The fourth-order valence-electron chi connectivity index (χ4n) is 5.94. The van der Waals surface area contributed by atoms with Crippen molar-refractivity contribution >= 4 is 17.7 Å². The molecule has 0 aromatic heterocycles. The Morgan fingerprint density at radius 1 is 0.929 bits per heavy atom. The number of rotatable bonds is 9. The third-order valence-corrected chi connectivity index (χ3v) is 8.37. The van der Waals surface area contributed by atoms with Crippen LogP contribution in [-0.4, -0.2) is 136 Å². The lowest BCUT2D eigenvalue weighted by Gasteiger charge is -2.33. The van der Waals surface area contributed by atoms with Gasteiger partial charge in [-0.05, 0) is 48.9 Å². The van der Waals surface area contributed by atoms with Gasteiger partial charge in [0.15, 0.2) is 0 Å². The van der Waals surface area contributed by atoms with Gasteiger partial charge in [-0.15, -0.1) is 0 Å². The number of hydrogen-bond acceptors (Lipinski definition) is 8. The van der Waals surface area contributed by atoms with Crippen LogP contribution in [0.3, 0.4) is 0 Å². The van der Waals surface area contributed by atoms with Crippen LogP contribution in [0.5, 0.6) is 11.5 Å². The van der Waals surface area contributed by atoms with Crippen LogP contribution in [0.4, 0.5) is 0 Å². The molecule has 2 unspecified atom stereocenters. The van der Waals surface area contributed by atoms with E-state index in [2.05, 4.69) is 10.2 Å². The van der Waals surface area contributed by atoms with Crippen LogP contribution in [-0.2, 0) is 9.53 Å². The van der Waals surface area contributed by atoms with Gasteiger partial charge in [-0.2, -0.15) is 0 Å². The Morgan fingerprint density at radius 2 is 1.64 bits per heavy atom. The van der Waals surface area contributed by atoms with Gasteiger partial charge in [0.1, 0.15) is 17.5 Å². The predicted molar refractivity (Wildman–Crippen MR) is 157 cm³/mol. The normalized spacial score (nSPS) is 21.2. The standard InChI is InChI=1S/C31H41N5O6/c1-40-26-8-6-23(7-9-26)29(37)35(15-14-33-16-18-42-19-17-33)25-21-28(31(39)34-12-10-32-11-13-34)36(22-25)30(38)24-4-3-5-27(20-24)41-2/h3-9,20,25,28,32H,10-19,21-22H2,1-2H3. The van der Waals surface area contributed by atoms with Crippen LogP contribution < -0.4 is 14.8 Å². The molecule has 11 nitrogen and oxygen atoms in total. The number of nitrogens with one attached hydrogen (secondary N) is 1. The Labute approximate surface area is 247 Å². The molecule has 226 valence electrons. The summed E-state index contributed by atoms with van der Waals surface area (Å²) in [5, 5.41) is 3.29. The van der Waals surface area contributed by atoms with E-state index in [1.54, 1.807) is 67.7 Å². The van der Waals surface area contributed by atoms with E-state index in [1.807, 2.05) is 9.80 Å². The molecule has 2 aromatic carbocycles. The van der Waals surface area contributed by atoms with E-state index in [9.17, 15) is 14.4 Å². The lowest BCUT2D eigenvalue weighted by Crippen LogP contribution is -2.53. The number of piperazine rings is 1. The molecular weight excluding hydrogens is 538 g/mol. The number of ether oxygens (including phenoxy) is 3. The van der Waals surface area contributed by atoms with Crippen molar-refractivity contribution in [1.29, 1.82) is 0 Å². The predicted octanol–water partition coefficient (Wildman–Crippen LogP) is 1.19. The average Bonchev–Trinajstić information content (AvgIpc) is 3.50. The molecule has 3 aliphatic rings. The van der Waals surface area contributed by atoms with Crippen LogP contribution in [0, 0.1) is 0 Å². The monoisotopic (exact) mass is 579 g/mol. The van der Waals surface area contributed by atoms with Crippen molar-refractivity contribution in [3.05, 3.63) is 59.7 Å². The van der Waals surface area contributed by atoms with Gasteiger partial charge in [0.2, 0.25) is 5.91 Å². The largest absolute Gasteiger partial charge is 0.497 e. The fraction of sp³-hybridized carbons (Fsp3) is 0.516. The summed E-state index contributed by atoms with van der Waals surface area (Å²) in [6.45, 7) is 6.98. The Bertz CT molecular complexity index is 1230. The van der Waals surface area contributed by atoms with Crippen molar-refractivity contribution in [2.45, 2.75) is 18.5 Å². The number of carbonyl (C=O) groups excluding carboxylic acids is 3. The molecule has 2 aromatic rings. The van der Waals surface area contributed by atoms with Crippen LogP contribution in [0.1, 0.15) is 27.1 Å². The zero-order chi connectivity index (χ0) is 29.5. The summed E-state index contributed by atoms with van der Waals surface area (Å²) in [7, 11) is 3.15. The van der Waals surface area contributed by atoms with E-state index in [0.717, 1.165) is 13.1 Å². The maximum absolute atomic E-state index is 14.0. The Hall–Kier alpha value is -3.67. The number of benzene rings is 2. The fourth-order valence-corrected chi connectivity index (χ4v) is 5.94. The summed E-state index contributed by atoms with van der Waals surface area (Å²) in [5.74, 6) is 0.808. The van der Waals surface area contributed by atoms with Gasteiger partial charge >= 0.3 is 0 Å². The van der Waals surface area contributed by atoms with Crippen molar-refractivity contribution in [3.8, 4) is 11.5 Å². The number of hydrogen-bond donors (Lipinski definition) is 1. The third-order valence-electron chi connectivity index (χ3n) is 8.37. The number of likely N-dealkylation sites (tertiary alicyclic amines) is 1. The number of nitrogens with zero attached hydrogens (tertiary/aromatic N) is 4. The zero-order valence-electron chi connectivity index (χ0n) is 24.5. The van der Waals surface area contributed by atoms with Crippen molar-refractivity contribution in [1.82, 2.24) is 24.9 Å². The highest BCUT2D eigenvalue weighted by Crippen LogP contribution is 2.28. The first-order valence-electron chi connectivity index (χ1n) is 14.7. The average molecular weight is 580 g/mol. The third kappa shape index (κ3) is 6.86. The van der Waals surface area contributed by atoms with Crippen molar-refractivity contribution in [2.24, 2.45) is 0 Å². The lowest BCUT2D eigenvalue weighted by molar-refractivity contribution is -0.135. The second kappa shape index (κ2) is 14.0. The summed E-state index contributed by atoms with van der Waals surface area (Å²) in [4.78, 5) is 49.5. The molecule has 0 bridgehead atoms. The van der Waals surface area contributed by atoms with Gasteiger partial charge in [-0.1, -0.05) is 6.07 Å². The van der Waals surface area contributed by atoms with E-state index in [4.69, 9.17) is 14.2 Å². The molecule has 0 saturated carbocycles.